The molecule has 0 aliphatic carbocycles. The van der Waals surface area contributed by atoms with Gasteiger partial charge in [0.2, 0.25) is 5.95 Å². The molecule has 0 amide bonds. The number of pyridine rings is 2. The molecule has 0 atom stereocenters. The Labute approximate surface area is 160 Å². The van der Waals surface area contributed by atoms with Gasteiger partial charge in [0.15, 0.2) is 5.65 Å². The van der Waals surface area contributed by atoms with Gasteiger partial charge in [0.25, 0.3) is 0 Å². The number of aromatic nitrogens is 4. The molecule has 3 heterocycles. The van der Waals surface area contributed by atoms with Crippen LogP contribution in [-0.2, 0) is 12.8 Å². The molecule has 3 aromatic heterocycles. The van der Waals surface area contributed by atoms with Crippen molar-refractivity contribution in [3.8, 4) is 16.9 Å². The number of nitrogens with zero attached hydrogens (tertiary/aromatic N) is 4. The molecule has 0 saturated carbocycles. The van der Waals surface area contributed by atoms with Crippen molar-refractivity contribution < 1.29 is 13.5 Å². The van der Waals surface area contributed by atoms with Gasteiger partial charge in [-0.25, -0.2) is 9.37 Å². The summed E-state index contributed by atoms with van der Waals surface area (Å²) in [4.78, 5) is 3.76. The zero-order valence-corrected chi connectivity index (χ0v) is 15.5. The average molecular weight is 380 g/mol. The lowest BCUT2D eigenvalue weighted by molar-refractivity contribution is 0.404. The van der Waals surface area contributed by atoms with Gasteiger partial charge in [-0.2, -0.15) is 4.39 Å². The van der Waals surface area contributed by atoms with Crippen LogP contribution in [0, 0.1) is 18.7 Å². The monoisotopic (exact) mass is 380 g/mol. The van der Waals surface area contributed by atoms with Crippen LogP contribution in [0.15, 0.2) is 48.9 Å². The second-order valence-corrected chi connectivity index (χ2v) is 6.48. The fourth-order valence-electron chi connectivity index (χ4n) is 3.44. The topological polar surface area (TPSA) is 52.3 Å². The molecule has 0 bridgehead atoms. The minimum atomic E-state index is -0.547. The maximum atomic E-state index is 14.3. The molecule has 7 heteroatoms. The molecule has 0 radical (unpaired) electrons. The van der Waals surface area contributed by atoms with Crippen LogP contribution in [0.4, 0.5) is 8.78 Å². The number of benzene rings is 1. The second kappa shape index (κ2) is 7.34. The van der Waals surface area contributed by atoms with Gasteiger partial charge in [-0.1, -0.05) is 6.07 Å². The van der Waals surface area contributed by atoms with Crippen molar-refractivity contribution >= 4 is 5.65 Å². The highest BCUT2D eigenvalue weighted by Gasteiger charge is 2.17. The molecule has 0 saturated heterocycles. The summed E-state index contributed by atoms with van der Waals surface area (Å²) >= 11 is 0. The van der Waals surface area contributed by atoms with Gasteiger partial charge in [-0.05, 0) is 55.7 Å². The Kier molecular flexibility index (Phi) is 4.73. The van der Waals surface area contributed by atoms with Crippen molar-refractivity contribution in [1.82, 2.24) is 19.6 Å². The Bertz CT molecular complexity index is 1140. The SMILES string of the molecule is COc1cccc(F)c1CCc1ccc(-c2c(C)ccnc2F)c2nncn12. The number of rotatable bonds is 5. The Morgan fingerprint density at radius 2 is 1.93 bits per heavy atom. The first-order chi connectivity index (χ1) is 13.6. The van der Waals surface area contributed by atoms with E-state index in [-0.39, 0.29) is 5.82 Å². The summed E-state index contributed by atoms with van der Waals surface area (Å²) in [5.41, 5.74) is 3.73. The largest absolute Gasteiger partial charge is 0.496 e. The number of ether oxygens (including phenoxy) is 1. The van der Waals surface area contributed by atoms with Gasteiger partial charge in [0.1, 0.15) is 17.9 Å². The first kappa shape index (κ1) is 18.0. The van der Waals surface area contributed by atoms with Crippen LogP contribution in [0.3, 0.4) is 0 Å². The third-order valence-corrected chi connectivity index (χ3v) is 4.85. The fourth-order valence-corrected chi connectivity index (χ4v) is 3.44. The fraction of sp³-hybridized carbons (Fsp3) is 0.190. The molecule has 0 N–H and O–H groups in total. The third-order valence-electron chi connectivity index (χ3n) is 4.85. The normalized spacial score (nSPS) is 11.1. The Balaban J connectivity index is 1.73. The van der Waals surface area contributed by atoms with Gasteiger partial charge >= 0.3 is 0 Å². The quantitative estimate of drug-likeness (QED) is 0.488. The molecule has 0 spiro atoms. The van der Waals surface area contributed by atoms with Crippen molar-refractivity contribution in [2.45, 2.75) is 19.8 Å². The number of methoxy groups -OCH3 is 1. The molecule has 142 valence electrons. The van der Waals surface area contributed by atoms with Crippen molar-refractivity contribution in [1.29, 1.82) is 0 Å². The minimum Gasteiger partial charge on any atom is -0.496 e. The third kappa shape index (κ3) is 3.09. The molecule has 0 unspecified atom stereocenters. The number of fused-ring (bicyclic) bond motifs is 1. The molecule has 0 fully saturated rings. The van der Waals surface area contributed by atoms with Crippen molar-refractivity contribution in [2.24, 2.45) is 0 Å². The number of hydrogen-bond acceptors (Lipinski definition) is 4. The van der Waals surface area contributed by atoms with Crippen LogP contribution in [-0.4, -0.2) is 26.7 Å². The Morgan fingerprint density at radius 1 is 1.07 bits per heavy atom. The van der Waals surface area contributed by atoms with Crippen LogP contribution in [0.25, 0.3) is 16.8 Å². The van der Waals surface area contributed by atoms with E-state index in [4.69, 9.17) is 4.74 Å². The molecular weight excluding hydrogens is 362 g/mol. The van der Waals surface area contributed by atoms with E-state index in [1.165, 1.54) is 19.4 Å². The summed E-state index contributed by atoms with van der Waals surface area (Å²) < 4.78 is 35.6. The van der Waals surface area contributed by atoms with E-state index in [0.29, 0.717) is 40.9 Å². The first-order valence-electron chi connectivity index (χ1n) is 8.84. The van der Waals surface area contributed by atoms with Gasteiger partial charge in [0, 0.05) is 28.6 Å². The number of halogens is 2. The molecule has 0 aliphatic rings. The summed E-state index contributed by atoms with van der Waals surface area (Å²) in [7, 11) is 1.52. The van der Waals surface area contributed by atoms with Gasteiger partial charge in [-0.15, -0.1) is 10.2 Å². The maximum Gasteiger partial charge on any atom is 0.221 e. The van der Waals surface area contributed by atoms with E-state index in [2.05, 4.69) is 15.2 Å². The standard InChI is InChI=1S/C21H18F2N4O/c1-13-10-11-24-20(23)19(13)16-9-7-14(27-12-25-26-21(16)27)6-8-15-17(22)4-3-5-18(15)28-2/h3-5,7,9-12H,6,8H2,1-2H3. The van der Waals surface area contributed by atoms with Crippen LogP contribution in [0.2, 0.25) is 0 Å². The van der Waals surface area contributed by atoms with Gasteiger partial charge in [0.05, 0.1) is 7.11 Å². The average Bonchev–Trinajstić information content (AvgIpc) is 3.18. The molecule has 28 heavy (non-hydrogen) atoms. The van der Waals surface area contributed by atoms with Crippen LogP contribution in [0.1, 0.15) is 16.8 Å². The van der Waals surface area contributed by atoms with Crippen molar-refractivity contribution in [2.75, 3.05) is 7.11 Å². The maximum absolute atomic E-state index is 14.3. The minimum absolute atomic E-state index is 0.302. The summed E-state index contributed by atoms with van der Waals surface area (Å²) in [6.07, 6.45) is 4.01. The zero-order valence-electron chi connectivity index (χ0n) is 15.5. The molecule has 4 aromatic rings. The number of hydrogen-bond donors (Lipinski definition) is 0. The van der Waals surface area contributed by atoms with Crippen molar-refractivity contribution in [3.63, 3.8) is 0 Å². The van der Waals surface area contributed by atoms with E-state index in [1.54, 1.807) is 28.9 Å². The Hall–Kier alpha value is -3.35. The van der Waals surface area contributed by atoms with Crippen LogP contribution < -0.4 is 4.74 Å². The van der Waals surface area contributed by atoms with E-state index < -0.39 is 5.95 Å². The second-order valence-electron chi connectivity index (χ2n) is 6.48. The highest BCUT2D eigenvalue weighted by molar-refractivity contribution is 5.79. The smallest absolute Gasteiger partial charge is 0.221 e. The van der Waals surface area contributed by atoms with Gasteiger partial charge < -0.3 is 4.74 Å². The number of aryl methyl sites for hydroxylation is 2. The van der Waals surface area contributed by atoms with E-state index in [0.717, 1.165) is 11.3 Å². The predicted molar refractivity (Wildman–Crippen MR) is 101 cm³/mol. The van der Waals surface area contributed by atoms with Crippen LogP contribution in [0.5, 0.6) is 5.75 Å². The van der Waals surface area contributed by atoms with E-state index >= 15 is 0 Å². The molecule has 0 aliphatic heterocycles. The Morgan fingerprint density at radius 3 is 2.71 bits per heavy atom. The summed E-state index contributed by atoms with van der Waals surface area (Å²) in [6.45, 7) is 1.82. The first-order valence-corrected chi connectivity index (χ1v) is 8.84. The predicted octanol–water partition coefficient (Wildman–Crippen LogP) is 4.17. The highest BCUT2D eigenvalue weighted by Crippen LogP contribution is 2.30. The lowest BCUT2D eigenvalue weighted by atomic mass is 10.0. The van der Waals surface area contributed by atoms with Gasteiger partial charge in [-0.3, -0.25) is 4.40 Å². The summed E-state index contributed by atoms with van der Waals surface area (Å²) in [5, 5.41) is 8.15. The van der Waals surface area contributed by atoms with Crippen molar-refractivity contribution in [3.05, 3.63) is 77.5 Å². The summed E-state index contributed by atoms with van der Waals surface area (Å²) in [6, 6.07) is 10.2. The lowest BCUT2D eigenvalue weighted by Crippen LogP contribution is -2.04. The zero-order chi connectivity index (χ0) is 19.7. The molecule has 5 nitrogen and oxygen atoms in total. The molecule has 4 rings (SSSR count). The van der Waals surface area contributed by atoms with E-state index in [1.807, 2.05) is 19.1 Å². The van der Waals surface area contributed by atoms with Crippen LogP contribution >= 0.6 is 0 Å². The summed E-state index contributed by atoms with van der Waals surface area (Å²) in [5.74, 6) is -0.331. The highest BCUT2D eigenvalue weighted by atomic mass is 19.1. The van der Waals surface area contributed by atoms with E-state index in [9.17, 15) is 8.78 Å². The molecular formula is C21H18F2N4O. The molecule has 1 aromatic carbocycles. The lowest BCUT2D eigenvalue weighted by Gasteiger charge is -2.12.